The first kappa shape index (κ1) is 14.6. The molecule has 1 aromatic carbocycles. The molecule has 0 bridgehead atoms. The van der Waals surface area contributed by atoms with E-state index >= 15 is 0 Å². The van der Waals surface area contributed by atoms with E-state index in [2.05, 4.69) is 12.0 Å². The standard InChI is InChI=1S/C16H19N3O3/c1-9-5-11(20)3-4-14(9)19-8-10-6-12(16(17)21)15(22-2)7-13(10)18-19/h6-9,14H,3-5H2,1-2H3,(H2,17,21)/t9-,14-/m0/s1. The zero-order chi connectivity index (χ0) is 15.9. The van der Waals surface area contributed by atoms with Crippen LogP contribution in [0, 0.1) is 5.92 Å². The lowest BCUT2D eigenvalue weighted by molar-refractivity contribution is -0.122. The number of nitrogens with zero attached hydrogens (tertiary/aromatic N) is 2. The third-order valence-electron chi connectivity index (χ3n) is 4.37. The Labute approximate surface area is 128 Å². The number of primary amides is 1. The van der Waals surface area contributed by atoms with Crippen LogP contribution in [0.25, 0.3) is 10.9 Å². The highest BCUT2D eigenvalue weighted by atomic mass is 16.5. The second-order valence-electron chi connectivity index (χ2n) is 5.91. The number of methoxy groups -OCH3 is 1. The maximum atomic E-state index is 11.5. The summed E-state index contributed by atoms with van der Waals surface area (Å²) in [4.78, 5) is 23.0. The Morgan fingerprint density at radius 3 is 2.86 bits per heavy atom. The fourth-order valence-electron chi connectivity index (χ4n) is 3.19. The Hall–Kier alpha value is -2.37. The molecule has 1 amide bonds. The van der Waals surface area contributed by atoms with E-state index in [4.69, 9.17) is 10.5 Å². The van der Waals surface area contributed by atoms with Gasteiger partial charge in [0.2, 0.25) is 0 Å². The second-order valence-corrected chi connectivity index (χ2v) is 5.91. The molecule has 0 saturated heterocycles. The third-order valence-corrected chi connectivity index (χ3v) is 4.37. The first-order valence-electron chi connectivity index (χ1n) is 7.38. The van der Waals surface area contributed by atoms with E-state index in [0.29, 0.717) is 29.9 Å². The molecule has 116 valence electrons. The van der Waals surface area contributed by atoms with Crippen LogP contribution in [0.5, 0.6) is 5.75 Å². The van der Waals surface area contributed by atoms with Gasteiger partial charge in [0.1, 0.15) is 11.5 Å². The summed E-state index contributed by atoms with van der Waals surface area (Å²) < 4.78 is 7.12. The minimum atomic E-state index is -0.525. The topological polar surface area (TPSA) is 87.2 Å². The van der Waals surface area contributed by atoms with Crippen LogP contribution in [0.1, 0.15) is 42.6 Å². The van der Waals surface area contributed by atoms with Crippen molar-refractivity contribution in [1.29, 1.82) is 0 Å². The highest BCUT2D eigenvalue weighted by Gasteiger charge is 2.28. The SMILES string of the molecule is COc1cc2nn([C@H]3CCC(=O)C[C@@H]3C)cc2cc1C(N)=O. The van der Waals surface area contributed by atoms with Crippen molar-refractivity contribution in [2.24, 2.45) is 11.7 Å². The molecule has 2 aromatic rings. The Morgan fingerprint density at radius 1 is 1.45 bits per heavy atom. The quantitative estimate of drug-likeness (QED) is 0.940. The maximum absolute atomic E-state index is 11.5. The van der Waals surface area contributed by atoms with Crippen molar-refractivity contribution in [3.8, 4) is 5.75 Å². The number of hydrogen-bond acceptors (Lipinski definition) is 4. The lowest BCUT2D eigenvalue weighted by Crippen LogP contribution is -2.26. The number of fused-ring (bicyclic) bond motifs is 1. The van der Waals surface area contributed by atoms with Crippen LogP contribution in [-0.2, 0) is 4.79 Å². The summed E-state index contributed by atoms with van der Waals surface area (Å²) in [6.07, 6.45) is 3.91. The number of hydrogen-bond donors (Lipinski definition) is 1. The monoisotopic (exact) mass is 301 g/mol. The van der Waals surface area contributed by atoms with E-state index < -0.39 is 5.91 Å². The molecule has 2 N–H and O–H groups in total. The maximum Gasteiger partial charge on any atom is 0.252 e. The van der Waals surface area contributed by atoms with Gasteiger partial charge in [0.05, 0.1) is 24.2 Å². The summed E-state index contributed by atoms with van der Waals surface area (Å²) in [7, 11) is 1.50. The van der Waals surface area contributed by atoms with Crippen molar-refractivity contribution in [2.45, 2.75) is 32.2 Å². The van der Waals surface area contributed by atoms with Gasteiger partial charge in [-0.25, -0.2) is 0 Å². The van der Waals surface area contributed by atoms with Crippen LogP contribution >= 0.6 is 0 Å². The minimum absolute atomic E-state index is 0.202. The molecule has 0 radical (unpaired) electrons. The van der Waals surface area contributed by atoms with Gasteiger partial charge >= 0.3 is 0 Å². The van der Waals surface area contributed by atoms with Gasteiger partial charge in [0.25, 0.3) is 5.91 Å². The van der Waals surface area contributed by atoms with Crippen molar-refractivity contribution in [1.82, 2.24) is 9.78 Å². The van der Waals surface area contributed by atoms with E-state index in [1.165, 1.54) is 7.11 Å². The van der Waals surface area contributed by atoms with E-state index in [1.54, 1.807) is 12.1 Å². The summed E-state index contributed by atoms with van der Waals surface area (Å²) in [5.41, 5.74) is 6.49. The third kappa shape index (κ3) is 2.45. The normalized spacial score (nSPS) is 22.0. The fraction of sp³-hybridized carbons (Fsp3) is 0.438. The van der Waals surface area contributed by atoms with Crippen molar-refractivity contribution < 1.29 is 14.3 Å². The molecule has 1 heterocycles. The second kappa shape index (κ2) is 5.44. The van der Waals surface area contributed by atoms with E-state index in [0.717, 1.165) is 17.3 Å². The number of nitrogens with two attached hydrogens (primary N) is 1. The molecule has 0 unspecified atom stereocenters. The van der Waals surface area contributed by atoms with E-state index in [-0.39, 0.29) is 12.0 Å². The number of rotatable bonds is 3. The zero-order valence-electron chi connectivity index (χ0n) is 12.7. The molecule has 1 aliphatic carbocycles. The Kier molecular flexibility index (Phi) is 3.60. The van der Waals surface area contributed by atoms with Gasteiger partial charge in [-0.2, -0.15) is 5.10 Å². The first-order chi connectivity index (χ1) is 10.5. The molecule has 2 atom stereocenters. The van der Waals surface area contributed by atoms with Crippen LogP contribution in [0.3, 0.4) is 0 Å². The molecule has 22 heavy (non-hydrogen) atoms. The Bertz CT molecular complexity index is 750. The Morgan fingerprint density at radius 2 is 2.23 bits per heavy atom. The van der Waals surface area contributed by atoms with Crippen molar-refractivity contribution >= 4 is 22.6 Å². The van der Waals surface area contributed by atoms with Crippen LogP contribution in [-0.4, -0.2) is 28.6 Å². The number of Topliss-reactive ketones (excluding diaryl/α,β-unsaturated/α-hetero) is 1. The van der Waals surface area contributed by atoms with Crippen LogP contribution in [0.4, 0.5) is 0 Å². The average molecular weight is 301 g/mol. The molecule has 6 nitrogen and oxygen atoms in total. The molecule has 1 aliphatic rings. The molecule has 0 spiro atoms. The fourth-order valence-corrected chi connectivity index (χ4v) is 3.19. The lowest BCUT2D eigenvalue weighted by Gasteiger charge is -2.28. The van der Waals surface area contributed by atoms with E-state index in [1.807, 2.05) is 10.9 Å². The zero-order valence-corrected chi connectivity index (χ0v) is 12.7. The molecule has 1 fully saturated rings. The highest BCUT2D eigenvalue weighted by Crippen LogP contribution is 2.33. The van der Waals surface area contributed by atoms with Crippen LogP contribution in [0.2, 0.25) is 0 Å². The van der Waals surface area contributed by atoms with Gasteiger partial charge in [0, 0.05) is 30.5 Å². The van der Waals surface area contributed by atoms with Crippen molar-refractivity contribution in [3.05, 3.63) is 23.9 Å². The smallest absolute Gasteiger partial charge is 0.252 e. The largest absolute Gasteiger partial charge is 0.496 e. The van der Waals surface area contributed by atoms with Crippen LogP contribution in [0.15, 0.2) is 18.3 Å². The number of carbonyl (C=O) groups excluding carboxylic acids is 2. The first-order valence-corrected chi connectivity index (χ1v) is 7.38. The number of benzene rings is 1. The van der Waals surface area contributed by atoms with Crippen molar-refractivity contribution in [3.63, 3.8) is 0 Å². The molecule has 6 heteroatoms. The van der Waals surface area contributed by atoms with Gasteiger partial charge in [0.15, 0.2) is 0 Å². The van der Waals surface area contributed by atoms with Gasteiger partial charge in [-0.1, -0.05) is 6.92 Å². The van der Waals surface area contributed by atoms with Crippen LogP contribution < -0.4 is 10.5 Å². The number of ether oxygens (including phenoxy) is 1. The molecular formula is C16H19N3O3. The summed E-state index contributed by atoms with van der Waals surface area (Å²) >= 11 is 0. The van der Waals surface area contributed by atoms with Gasteiger partial charge in [-0.05, 0) is 18.4 Å². The molecule has 1 aromatic heterocycles. The highest BCUT2D eigenvalue weighted by molar-refractivity contribution is 6.00. The minimum Gasteiger partial charge on any atom is -0.496 e. The summed E-state index contributed by atoms with van der Waals surface area (Å²) in [5, 5.41) is 5.44. The lowest BCUT2D eigenvalue weighted by atomic mass is 9.85. The Balaban J connectivity index is 2.02. The molecular weight excluding hydrogens is 282 g/mol. The van der Waals surface area contributed by atoms with Crippen molar-refractivity contribution in [2.75, 3.05) is 7.11 Å². The predicted octanol–water partition coefficient (Wildman–Crippen LogP) is 2.07. The van der Waals surface area contributed by atoms with Gasteiger partial charge in [-0.3, -0.25) is 14.3 Å². The average Bonchev–Trinajstić information content (AvgIpc) is 2.88. The summed E-state index contributed by atoms with van der Waals surface area (Å²) in [6, 6.07) is 3.64. The summed E-state index contributed by atoms with van der Waals surface area (Å²) in [5.74, 6) is 0.478. The number of ketones is 1. The predicted molar refractivity (Wildman–Crippen MR) is 81.9 cm³/mol. The number of carbonyl (C=O) groups is 2. The number of aromatic nitrogens is 2. The number of amides is 1. The van der Waals surface area contributed by atoms with Gasteiger partial charge < -0.3 is 10.5 Å². The van der Waals surface area contributed by atoms with Gasteiger partial charge in [-0.15, -0.1) is 0 Å². The van der Waals surface area contributed by atoms with E-state index in [9.17, 15) is 9.59 Å². The summed E-state index contributed by atoms with van der Waals surface area (Å²) in [6.45, 7) is 2.07. The molecule has 3 rings (SSSR count). The molecule has 0 aliphatic heterocycles. The molecule has 1 saturated carbocycles.